The lowest BCUT2D eigenvalue weighted by Gasteiger charge is -2.15. The van der Waals surface area contributed by atoms with E-state index in [0.717, 1.165) is 22.9 Å². The molecule has 33 heavy (non-hydrogen) atoms. The number of carbonyl (C=O) groups is 1. The number of carbonyl (C=O) groups excluding carboxylic acids is 1. The summed E-state index contributed by atoms with van der Waals surface area (Å²) >= 11 is 7.16. The number of nitrogens with one attached hydrogen (secondary N) is 1. The van der Waals surface area contributed by atoms with Gasteiger partial charge >= 0.3 is 0 Å². The Balaban J connectivity index is 1.70. The first-order chi connectivity index (χ1) is 15.9. The molecule has 8 heteroatoms. The van der Waals surface area contributed by atoms with Crippen LogP contribution in [0.2, 0.25) is 5.02 Å². The highest BCUT2D eigenvalue weighted by Gasteiger charge is 2.17. The van der Waals surface area contributed by atoms with Crippen LogP contribution < -0.4 is 10.9 Å². The molecule has 0 saturated carbocycles. The molecule has 0 aliphatic rings. The molecule has 0 aliphatic heterocycles. The number of aromatic nitrogens is 2. The van der Waals surface area contributed by atoms with Crippen molar-refractivity contribution in [1.29, 1.82) is 5.26 Å². The van der Waals surface area contributed by atoms with E-state index in [9.17, 15) is 14.9 Å². The highest BCUT2D eigenvalue weighted by molar-refractivity contribution is 7.99. The second-order valence-corrected chi connectivity index (χ2v) is 8.86. The SMILES string of the molecule is Cc1ccc(-n2c(SCC(=O)Nc3cc(Cl)ccc3C#N)nc3ccccc3c2=O)c(C)c1. The molecule has 1 amide bonds. The van der Waals surface area contributed by atoms with Crippen molar-refractivity contribution < 1.29 is 4.79 Å². The average Bonchev–Trinajstić information content (AvgIpc) is 2.79. The summed E-state index contributed by atoms with van der Waals surface area (Å²) in [6.07, 6.45) is 0. The van der Waals surface area contributed by atoms with Crippen LogP contribution in [-0.2, 0) is 4.79 Å². The molecule has 0 radical (unpaired) electrons. The van der Waals surface area contributed by atoms with E-state index in [1.165, 1.54) is 6.07 Å². The fourth-order valence-electron chi connectivity index (χ4n) is 3.51. The number of hydrogen-bond acceptors (Lipinski definition) is 5. The van der Waals surface area contributed by atoms with Gasteiger partial charge in [0.05, 0.1) is 33.6 Å². The molecule has 1 N–H and O–H groups in total. The number of para-hydroxylation sites is 1. The standard InChI is InChI=1S/C25H19ClN4O2S/c1-15-7-10-22(16(2)11-15)30-24(32)19-5-3-4-6-20(19)29-25(30)33-14-23(31)28-21-12-18(26)9-8-17(21)13-27/h3-12H,14H2,1-2H3,(H,28,31). The quantitative estimate of drug-likeness (QED) is 0.315. The Morgan fingerprint density at radius 2 is 1.94 bits per heavy atom. The molecule has 0 fully saturated rings. The predicted octanol–water partition coefficient (Wildman–Crippen LogP) is 5.26. The molecule has 0 spiro atoms. The van der Waals surface area contributed by atoms with Crippen molar-refractivity contribution in [2.24, 2.45) is 0 Å². The lowest BCUT2D eigenvalue weighted by molar-refractivity contribution is -0.113. The number of amides is 1. The first-order valence-corrected chi connectivity index (χ1v) is 11.5. The Kier molecular flexibility index (Phi) is 6.50. The third-order valence-electron chi connectivity index (χ3n) is 5.05. The second-order valence-electron chi connectivity index (χ2n) is 7.48. The van der Waals surface area contributed by atoms with E-state index in [2.05, 4.69) is 10.3 Å². The summed E-state index contributed by atoms with van der Waals surface area (Å²) in [6, 6.07) is 19.7. The molecular weight excluding hydrogens is 456 g/mol. The number of anilines is 1. The van der Waals surface area contributed by atoms with E-state index in [-0.39, 0.29) is 17.2 Å². The first-order valence-electron chi connectivity index (χ1n) is 10.1. The summed E-state index contributed by atoms with van der Waals surface area (Å²) in [6.45, 7) is 3.93. The Labute approximate surface area is 199 Å². The number of hydrogen-bond donors (Lipinski definition) is 1. The van der Waals surface area contributed by atoms with Gasteiger partial charge in [-0.3, -0.25) is 14.2 Å². The minimum absolute atomic E-state index is 0.00687. The molecule has 1 aromatic heterocycles. The summed E-state index contributed by atoms with van der Waals surface area (Å²) in [5.41, 5.74) is 3.75. The number of rotatable bonds is 5. The highest BCUT2D eigenvalue weighted by atomic mass is 35.5. The van der Waals surface area contributed by atoms with E-state index < -0.39 is 0 Å². The van der Waals surface area contributed by atoms with Crippen LogP contribution in [0, 0.1) is 25.2 Å². The van der Waals surface area contributed by atoms with Gasteiger partial charge in [0.25, 0.3) is 5.56 Å². The maximum Gasteiger partial charge on any atom is 0.266 e. The topological polar surface area (TPSA) is 87.8 Å². The van der Waals surface area contributed by atoms with Crippen molar-refractivity contribution in [2.45, 2.75) is 19.0 Å². The zero-order valence-corrected chi connectivity index (χ0v) is 19.5. The molecule has 0 aliphatic carbocycles. The van der Waals surface area contributed by atoms with Crippen molar-refractivity contribution in [3.05, 3.63) is 92.7 Å². The Morgan fingerprint density at radius 3 is 2.70 bits per heavy atom. The molecule has 0 saturated heterocycles. The third-order valence-corrected chi connectivity index (χ3v) is 6.22. The number of benzene rings is 3. The maximum atomic E-state index is 13.4. The summed E-state index contributed by atoms with van der Waals surface area (Å²) < 4.78 is 1.55. The molecule has 6 nitrogen and oxygen atoms in total. The average molecular weight is 475 g/mol. The van der Waals surface area contributed by atoms with Gasteiger partial charge in [-0.1, -0.05) is 53.2 Å². The van der Waals surface area contributed by atoms with Crippen LogP contribution in [0.4, 0.5) is 5.69 Å². The number of aryl methyl sites for hydroxylation is 2. The van der Waals surface area contributed by atoms with Crippen LogP contribution in [0.1, 0.15) is 16.7 Å². The monoisotopic (exact) mass is 474 g/mol. The minimum atomic E-state index is -0.339. The smallest absolute Gasteiger partial charge is 0.266 e. The lowest BCUT2D eigenvalue weighted by Crippen LogP contribution is -2.23. The van der Waals surface area contributed by atoms with Gasteiger partial charge in [0.15, 0.2) is 5.16 Å². The zero-order valence-electron chi connectivity index (χ0n) is 17.9. The van der Waals surface area contributed by atoms with Gasteiger partial charge in [0.2, 0.25) is 5.91 Å². The van der Waals surface area contributed by atoms with Gasteiger partial charge in [0, 0.05) is 5.02 Å². The number of halogens is 1. The second kappa shape index (κ2) is 9.49. The molecule has 164 valence electrons. The molecule has 4 aromatic rings. The summed E-state index contributed by atoms with van der Waals surface area (Å²) in [4.78, 5) is 30.8. The van der Waals surface area contributed by atoms with Crippen molar-refractivity contribution in [1.82, 2.24) is 9.55 Å². The van der Waals surface area contributed by atoms with E-state index in [0.29, 0.717) is 38.0 Å². The van der Waals surface area contributed by atoms with Crippen molar-refractivity contribution in [2.75, 3.05) is 11.1 Å². The maximum absolute atomic E-state index is 13.4. The van der Waals surface area contributed by atoms with E-state index >= 15 is 0 Å². The van der Waals surface area contributed by atoms with Gasteiger partial charge in [-0.2, -0.15) is 5.26 Å². The first kappa shape index (κ1) is 22.6. The van der Waals surface area contributed by atoms with Crippen LogP contribution in [0.5, 0.6) is 0 Å². The number of nitriles is 1. The van der Waals surface area contributed by atoms with Gasteiger partial charge in [-0.05, 0) is 55.8 Å². The molecule has 0 bridgehead atoms. The molecular formula is C25H19ClN4O2S. The van der Waals surface area contributed by atoms with Gasteiger partial charge < -0.3 is 5.32 Å². The fraction of sp³-hybridized carbons (Fsp3) is 0.120. The van der Waals surface area contributed by atoms with Crippen molar-refractivity contribution in [3.63, 3.8) is 0 Å². The van der Waals surface area contributed by atoms with Crippen molar-refractivity contribution >= 4 is 45.9 Å². The van der Waals surface area contributed by atoms with Crippen LogP contribution in [-0.4, -0.2) is 21.2 Å². The fourth-order valence-corrected chi connectivity index (χ4v) is 4.49. The number of thioether (sulfide) groups is 1. The minimum Gasteiger partial charge on any atom is -0.324 e. The molecule has 0 atom stereocenters. The zero-order chi connectivity index (χ0) is 23.5. The third kappa shape index (κ3) is 4.77. The predicted molar refractivity (Wildman–Crippen MR) is 132 cm³/mol. The molecule has 0 unspecified atom stereocenters. The Hall–Kier alpha value is -3.60. The van der Waals surface area contributed by atoms with Gasteiger partial charge in [-0.15, -0.1) is 0 Å². The van der Waals surface area contributed by atoms with Crippen LogP contribution in [0.25, 0.3) is 16.6 Å². The normalized spacial score (nSPS) is 10.7. The molecule has 1 heterocycles. The lowest BCUT2D eigenvalue weighted by atomic mass is 10.1. The van der Waals surface area contributed by atoms with E-state index in [1.54, 1.807) is 34.9 Å². The van der Waals surface area contributed by atoms with Crippen LogP contribution in [0.3, 0.4) is 0 Å². The van der Waals surface area contributed by atoms with Crippen LogP contribution >= 0.6 is 23.4 Å². The van der Waals surface area contributed by atoms with E-state index in [1.807, 2.05) is 44.2 Å². The molecule has 3 aromatic carbocycles. The van der Waals surface area contributed by atoms with Gasteiger partial charge in [-0.25, -0.2) is 4.98 Å². The summed E-state index contributed by atoms with van der Waals surface area (Å²) in [5.74, 6) is -0.346. The Morgan fingerprint density at radius 1 is 1.15 bits per heavy atom. The highest BCUT2D eigenvalue weighted by Crippen LogP contribution is 2.25. The number of nitrogens with zero attached hydrogens (tertiary/aromatic N) is 3. The Bertz CT molecular complexity index is 1490. The summed E-state index contributed by atoms with van der Waals surface area (Å²) in [7, 11) is 0. The molecule has 4 rings (SSSR count). The van der Waals surface area contributed by atoms with Crippen LogP contribution in [0.15, 0.2) is 70.6 Å². The largest absolute Gasteiger partial charge is 0.324 e. The number of fused-ring (bicyclic) bond motifs is 1. The van der Waals surface area contributed by atoms with Crippen molar-refractivity contribution in [3.8, 4) is 11.8 Å². The van der Waals surface area contributed by atoms with Gasteiger partial charge in [0.1, 0.15) is 6.07 Å². The summed E-state index contributed by atoms with van der Waals surface area (Å²) in [5, 5.41) is 13.3. The van der Waals surface area contributed by atoms with E-state index in [4.69, 9.17) is 11.6 Å².